The lowest BCUT2D eigenvalue weighted by molar-refractivity contribution is 0.551. The van der Waals surface area contributed by atoms with Gasteiger partial charge in [0.15, 0.2) is 5.58 Å². The Morgan fingerprint density at radius 2 is 2.31 bits per heavy atom. The van der Waals surface area contributed by atoms with E-state index in [1.807, 2.05) is 24.3 Å². The molecule has 2 aromatic rings. The summed E-state index contributed by atoms with van der Waals surface area (Å²) in [4.78, 5) is 6.68. The topological polar surface area (TPSA) is 55.3 Å². The van der Waals surface area contributed by atoms with Gasteiger partial charge in [-0.2, -0.15) is 4.98 Å². The zero-order valence-electron chi connectivity index (χ0n) is 9.10. The van der Waals surface area contributed by atoms with Crippen molar-refractivity contribution in [3.8, 4) is 0 Å². The molecule has 16 heavy (non-hydrogen) atoms. The fourth-order valence-corrected chi connectivity index (χ4v) is 2.32. The van der Waals surface area contributed by atoms with Gasteiger partial charge < -0.3 is 15.1 Å². The molecule has 2 heterocycles. The van der Waals surface area contributed by atoms with Gasteiger partial charge in [0.05, 0.1) is 0 Å². The molecule has 1 saturated heterocycles. The first-order valence-corrected chi connectivity index (χ1v) is 5.71. The lowest BCUT2D eigenvalue weighted by atomic mass is 10.2. The fourth-order valence-electron chi connectivity index (χ4n) is 2.32. The number of aromatic nitrogens is 1. The number of oxazole rings is 1. The van der Waals surface area contributed by atoms with Crippen molar-refractivity contribution in [3.63, 3.8) is 0 Å². The number of hydrogen-bond donors (Lipinski definition) is 1. The van der Waals surface area contributed by atoms with E-state index in [9.17, 15) is 0 Å². The second-order valence-corrected chi connectivity index (χ2v) is 4.19. The van der Waals surface area contributed by atoms with Crippen molar-refractivity contribution in [1.29, 1.82) is 0 Å². The summed E-state index contributed by atoms with van der Waals surface area (Å²) in [5.74, 6) is 0. The van der Waals surface area contributed by atoms with Crippen molar-refractivity contribution < 1.29 is 4.42 Å². The Balaban J connectivity index is 1.99. The first kappa shape index (κ1) is 9.66. The third-order valence-corrected chi connectivity index (χ3v) is 3.18. The average Bonchev–Trinajstić information content (AvgIpc) is 2.94. The van der Waals surface area contributed by atoms with E-state index in [2.05, 4.69) is 9.88 Å². The molecule has 1 aliphatic heterocycles. The highest BCUT2D eigenvalue weighted by Gasteiger charge is 2.26. The molecule has 84 valence electrons. The van der Waals surface area contributed by atoms with E-state index in [1.54, 1.807) is 0 Å². The molecule has 0 aliphatic carbocycles. The van der Waals surface area contributed by atoms with Gasteiger partial charge in [-0.25, -0.2) is 0 Å². The summed E-state index contributed by atoms with van der Waals surface area (Å²) in [5.41, 5.74) is 7.51. The predicted octanol–water partition coefficient (Wildman–Crippen LogP) is 1.76. The minimum Gasteiger partial charge on any atom is -0.423 e. The third-order valence-electron chi connectivity index (χ3n) is 3.18. The minimum absolute atomic E-state index is 0.382. The maximum atomic E-state index is 5.74. The number of fused-ring (bicyclic) bond motifs is 1. The molecule has 0 radical (unpaired) electrons. The van der Waals surface area contributed by atoms with Crippen LogP contribution in [-0.2, 0) is 0 Å². The van der Waals surface area contributed by atoms with Crippen molar-refractivity contribution in [2.75, 3.05) is 18.0 Å². The Labute approximate surface area is 94.0 Å². The molecule has 0 spiro atoms. The second kappa shape index (κ2) is 3.79. The SMILES string of the molecule is NC[C@H]1CCCN1c1nc2ccccc2o1. The summed E-state index contributed by atoms with van der Waals surface area (Å²) in [6.45, 7) is 1.66. The van der Waals surface area contributed by atoms with Crippen LogP contribution in [-0.4, -0.2) is 24.1 Å². The van der Waals surface area contributed by atoms with Gasteiger partial charge in [-0.1, -0.05) is 12.1 Å². The van der Waals surface area contributed by atoms with E-state index in [0.29, 0.717) is 18.6 Å². The van der Waals surface area contributed by atoms with Crippen molar-refractivity contribution in [3.05, 3.63) is 24.3 Å². The second-order valence-electron chi connectivity index (χ2n) is 4.19. The highest BCUT2D eigenvalue weighted by Crippen LogP contribution is 2.27. The number of benzene rings is 1. The van der Waals surface area contributed by atoms with E-state index in [-0.39, 0.29) is 0 Å². The van der Waals surface area contributed by atoms with E-state index in [4.69, 9.17) is 10.2 Å². The number of nitrogens with two attached hydrogens (primary N) is 1. The molecule has 1 aliphatic rings. The Kier molecular flexibility index (Phi) is 2.29. The Bertz CT molecular complexity index is 461. The maximum absolute atomic E-state index is 5.74. The van der Waals surface area contributed by atoms with Gasteiger partial charge in [0.1, 0.15) is 5.52 Å². The van der Waals surface area contributed by atoms with Crippen LogP contribution in [0, 0.1) is 0 Å². The molecule has 1 aromatic carbocycles. The van der Waals surface area contributed by atoms with Crippen molar-refractivity contribution in [1.82, 2.24) is 4.98 Å². The molecule has 3 rings (SSSR count). The zero-order chi connectivity index (χ0) is 11.0. The smallest absolute Gasteiger partial charge is 0.298 e. The molecule has 1 fully saturated rings. The summed E-state index contributed by atoms with van der Waals surface area (Å²) in [6, 6.07) is 8.94. The lowest BCUT2D eigenvalue weighted by Gasteiger charge is -2.20. The van der Waals surface area contributed by atoms with Gasteiger partial charge in [0.2, 0.25) is 0 Å². The van der Waals surface area contributed by atoms with E-state index >= 15 is 0 Å². The molecule has 0 saturated carbocycles. The molecule has 1 atom stereocenters. The Morgan fingerprint density at radius 1 is 1.44 bits per heavy atom. The monoisotopic (exact) mass is 217 g/mol. The largest absolute Gasteiger partial charge is 0.423 e. The molecular weight excluding hydrogens is 202 g/mol. The zero-order valence-corrected chi connectivity index (χ0v) is 9.10. The van der Waals surface area contributed by atoms with E-state index in [1.165, 1.54) is 6.42 Å². The van der Waals surface area contributed by atoms with Crippen molar-refractivity contribution in [2.24, 2.45) is 5.73 Å². The number of anilines is 1. The molecule has 2 N–H and O–H groups in total. The van der Waals surface area contributed by atoms with Gasteiger partial charge in [0.25, 0.3) is 6.01 Å². The van der Waals surface area contributed by atoms with Crippen LogP contribution in [0.15, 0.2) is 28.7 Å². The number of para-hydroxylation sites is 2. The van der Waals surface area contributed by atoms with Crippen LogP contribution in [0.4, 0.5) is 6.01 Å². The summed E-state index contributed by atoms with van der Waals surface area (Å²) in [7, 11) is 0. The highest BCUT2D eigenvalue weighted by atomic mass is 16.4. The molecule has 0 amide bonds. The van der Waals surface area contributed by atoms with Crippen LogP contribution in [0.5, 0.6) is 0 Å². The summed E-state index contributed by atoms with van der Waals surface area (Å²) < 4.78 is 5.74. The molecular formula is C12H15N3O. The van der Waals surface area contributed by atoms with Crippen molar-refractivity contribution in [2.45, 2.75) is 18.9 Å². The first-order chi connectivity index (χ1) is 7.88. The van der Waals surface area contributed by atoms with Crippen LogP contribution in [0.25, 0.3) is 11.1 Å². The highest BCUT2D eigenvalue weighted by molar-refractivity contribution is 5.74. The molecule has 0 bridgehead atoms. The van der Waals surface area contributed by atoms with E-state index in [0.717, 1.165) is 24.1 Å². The summed E-state index contributed by atoms with van der Waals surface area (Å²) in [5, 5.41) is 0. The van der Waals surface area contributed by atoms with Gasteiger partial charge in [-0.3, -0.25) is 0 Å². The fraction of sp³-hybridized carbons (Fsp3) is 0.417. The van der Waals surface area contributed by atoms with Gasteiger partial charge in [0, 0.05) is 19.1 Å². The molecule has 1 aromatic heterocycles. The lowest BCUT2D eigenvalue weighted by Crippen LogP contribution is -2.35. The summed E-state index contributed by atoms with van der Waals surface area (Å²) >= 11 is 0. The van der Waals surface area contributed by atoms with Gasteiger partial charge in [-0.15, -0.1) is 0 Å². The van der Waals surface area contributed by atoms with Crippen LogP contribution < -0.4 is 10.6 Å². The quantitative estimate of drug-likeness (QED) is 0.832. The number of nitrogens with zero attached hydrogens (tertiary/aromatic N) is 2. The average molecular weight is 217 g/mol. The van der Waals surface area contributed by atoms with Crippen LogP contribution in [0.3, 0.4) is 0 Å². The molecule has 4 heteroatoms. The standard InChI is InChI=1S/C12H15N3O/c13-8-9-4-3-7-15(9)12-14-10-5-1-2-6-11(10)16-12/h1-2,5-6,9H,3-4,7-8,13H2/t9-/m1/s1. The Hall–Kier alpha value is -1.55. The minimum atomic E-state index is 0.382. The van der Waals surface area contributed by atoms with Gasteiger partial charge in [-0.05, 0) is 25.0 Å². The molecule has 4 nitrogen and oxygen atoms in total. The third kappa shape index (κ3) is 1.46. The predicted molar refractivity (Wildman–Crippen MR) is 63.4 cm³/mol. The van der Waals surface area contributed by atoms with Gasteiger partial charge >= 0.3 is 0 Å². The number of hydrogen-bond acceptors (Lipinski definition) is 4. The first-order valence-electron chi connectivity index (χ1n) is 5.71. The van der Waals surface area contributed by atoms with Crippen LogP contribution in [0.1, 0.15) is 12.8 Å². The van der Waals surface area contributed by atoms with Crippen LogP contribution >= 0.6 is 0 Å². The van der Waals surface area contributed by atoms with E-state index < -0.39 is 0 Å². The maximum Gasteiger partial charge on any atom is 0.298 e. The van der Waals surface area contributed by atoms with Crippen molar-refractivity contribution >= 4 is 17.1 Å². The molecule has 0 unspecified atom stereocenters. The number of rotatable bonds is 2. The Morgan fingerprint density at radius 3 is 3.12 bits per heavy atom. The normalized spacial score (nSPS) is 20.8. The van der Waals surface area contributed by atoms with Crippen LogP contribution in [0.2, 0.25) is 0 Å². The summed E-state index contributed by atoms with van der Waals surface area (Å²) in [6.07, 6.45) is 2.30.